The zero-order valence-corrected chi connectivity index (χ0v) is 17.4. The van der Waals surface area contributed by atoms with Crippen molar-refractivity contribution in [2.45, 2.75) is 6.54 Å². The van der Waals surface area contributed by atoms with Gasteiger partial charge in [0.05, 0.1) is 19.3 Å². The van der Waals surface area contributed by atoms with Crippen LogP contribution in [0.25, 0.3) is 16.6 Å². The monoisotopic (exact) mass is 416 g/mol. The summed E-state index contributed by atoms with van der Waals surface area (Å²) in [6, 6.07) is 17.7. The minimum Gasteiger partial charge on any atom is -0.495 e. The van der Waals surface area contributed by atoms with Crippen LogP contribution in [0.1, 0.15) is 16.3 Å². The molecule has 31 heavy (non-hydrogen) atoms. The Kier molecular flexibility index (Phi) is 5.13. The molecular formula is C23H24N6O2. The predicted octanol–water partition coefficient (Wildman–Crippen LogP) is 2.72. The molecule has 5 rings (SSSR count). The van der Waals surface area contributed by atoms with Gasteiger partial charge >= 0.3 is 0 Å². The topological polar surface area (TPSA) is 79.3 Å². The lowest BCUT2D eigenvalue weighted by Gasteiger charge is -2.34. The molecule has 1 N–H and O–H groups in total. The van der Waals surface area contributed by atoms with Gasteiger partial charge in [0.25, 0.3) is 5.91 Å². The fourth-order valence-corrected chi connectivity index (χ4v) is 4.06. The molecule has 1 fully saturated rings. The molecule has 0 atom stereocenters. The molecule has 0 spiro atoms. The maximum atomic E-state index is 12.9. The van der Waals surface area contributed by atoms with Crippen molar-refractivity contribution in [3.63, 3.8) is 0 Å². The first-order valence-electron chi connectivity index (χ1n) is 10.3. The number of ether oxygens (including phenoxy) is 1. The summed E-state index contributed by atoms with van der Waals surface area (Å²) in [5, 5.41) is 9.48. The number of aromatic amines is 1. The molecule has 8 heteroatoms. The molecule has 4 aromatic rings. The smallest absolute Gasteiger partial charge is 0.270 e. The van der Waals surface area contributed by atoms with E-state index in [1.807, 2.05) is 64.1 Å². The van der Waals surface area contributed by atoms with E-state index < -0.39 is 0 Å². The molecule has 3 heterocycles. The Balaban J connectivity index is 1.25. The van der Waals surface area contributed by atoms with Crippen LogP contribution in [-0.4, -0.2) is 68.7 Å². The summed E-state index contributed by atoms with van der Waals surface area (Å²) < 4.78 is 7.44. The quantitative estimate of drug-likeness (QED) is 0.541. The van der Waals surface area contributed by atoms with Crippen LogP contribution in [-0.2, 0) is 6.54 Å². The molecule has 1 saturated heterocycles. The molecule has 1 amide bonds. The number of hydrogen-bond donors (Lipinski definition) is 1. The van der Waals surface area contributed by atoms with E-state index in [4.69, 9.17) is 4.74 Å². The van der Waals surface area contributed by atoms with Gasteiger partial charge in [0.1, 0.15) is 17.8 Å². The molecule has 2 aromatic carbocycles. The summed E-state index contributed by atoms with van der Waals surface area (Å²) in [6.07, 6.45) is 1.71. The maximum Gasteiger partial charge on any atom is 0.270 e. The number of H-pyrrole nitrogens is 1. The van der Waals surface area contributed by atoms with Crippen molar-refractivity contribution in [1.82, 2.24) is 29.5 Å². The zero-order chi connectivity index (χ0) is 21.2. The van der Waals surface area contributed by atoms with Gasteiger partial charge in [0.2, 0.25) is 0 Å². The molecule has 1 aliphatic rings. The minimum absolute atomic E-state index is 0.0491. The summed E-state index contributed by atoms with van der Waals surface area (Å²) in [6.45, 7) is 3.58. The molecule has 8 nitrogen and oxygen atoms in total. The molecule has 158 valence electrons. The predicted molar refractivity (Wildman–Crippen MR) is 117 cm³/mol. The number of nitrogens with zero attached hydrogens (tertiary/aromatic N) is 5. The Bertz CT molecular complexity index is 1170. The Morgan fingerprint density at radius 2 is 1.84 bits per heavy atom. The number of hydrogen-bond acceptors (Lipinski definition) is 5. The van der Waals surface area contributed by atoms with E-state index in [0.717, 1.165) is 41.3 Å². The van der Waals surface area contributed by atoms with Crippen LogP contribution >= 0.6 is 0 Å². The van der Waals surface area contributed by atoms with Crippen molar-refractivity contribution in [1.29, 1.82) is 0 Å². The van der Waals surface area contributed by atoms with Crippen LogP contribution in [0.4, 0.5) is 0 Å². The lowest BCUT2D eigenvalue weighted by atomic mass is 10.2. The fourth-order valence-electron chi connectivity index (χ4n) is 4.06. The number of methoxy groups -OCH3 is 1. The summed E-state index contributed by atoms with van der Waals surface area (Å²) in [7, 11) is 1.66. The van der Waals surface area contributed by atoms with Crippen LogP contribution < -0.4 is 4.74 Å². The van der Waals surface area contributed by atoms with Crippen LogP contribution in [0.15, 0.2) is 60.9 Å². The molecule has 0 radical (unpaired) electrons. The molecule has 2 aromatic heterocycles. The lowest BCUT2D eigenvalue weighted by molar-refractivity contribution is 0.0620. The van der Waals surface area contributed by atoms with Crippen molar-refractivity contribution < 1.29 is 9.53 Å². The highest BCUT2D eigenvalue weighted by molar-refractivity contribution is 5.98. The number of nitrogens with one attached hydrogen (secondary N) is 1. The van der Waals surface area contributed by atoms with E-state index in [9.17, 15) is 4.79 Å². The van der Waals surface area contributed by atoms with Gasteiger partial charge in [-0.25, -0.2) is 0 Å². The van der Waals surface area contributed by atoms with Gasteiger partial charge in [-0.1, -0.05) is 30.3 Å². The standard InChI is InChI=1S/C23H24N6O2/c1-31-21-9-5-4-8-20(21)29-16-24-26-22(29)15-27-10-12-28(13-11-27)23(30)19-14-17-6-2-3-7-18(17)25-19/h2-9,14,16,25H,10-13,15H2,1H3. The molecule has 0 aliphatic carbocycles. The molecular weight excluding hydrogens is 392 g/mol. The lowest BCUT2D eigenvalue weighted by Crippen LogP contribution is -2.48. The second-order valence-corrected chi connectivity index (χ2v) is 7.63. The average Bonchev–Trinajstić information content (AvgIpc) is 3.46. The Morgan fingerprint density at radius 3 is 2.65 bits per heavy atom. The van der Waals surface area contributed by atoms with Crippen molar-refractivity contribution in [2.75, 3.05) is 33.3 Å². The second kappa shape index (κ2) is 8.23. The highest BCUT2D eigenvalue weighted by atomic mass is 16.5. The summed E-state index contributed by atoms with van der Waals surface area (Å²) in [5.41, 5.74) is 2.54. The van der Waals surface area contributed by atoms with Crippen LogP contribution in [0.2, 0.25) is 0 Å². The highest BCUT2D eigenvalue weighted by Gasteiger charge is 2.24. The maximum absolute atomic E-state index is 12.9. The van der Waals surface area contributed by atoms with Crippen molar-refractivity contribution in [3.8, 4) is 11.4 Å². The van der Waals surface area contributed by atoms with Gasteiger partial charge in [-0.05, 0) is 24.3 Å². The van der Waals surface area contributed by atoms with E-state index in [1.54, 1.807) is 13.4 Å². The first kappa shape index (κ1) is 19.3. The Hall–Kier alpha value is -3.65. The third-order valence-corrected chi connectivity index (χ3v) is 5.75. The highest BCUT2D eigenvalue weighted by Crippen LogP contribution is 2.23. The number of piperazine rings is 1. The average molecular weight is 416 g/mol. The van der Waals surface area contributed by atoms with Crippen LogP contribution in [0.3, 0.4) is 0 Å². The third-order valence-electron chi connectivity index (χ3n) is 5.75. The number of carbonyl (C=O) groups is 1. The second-order valence-electron chi connectivity index (χ2n) is 7.63. The van der Waals surface area contributed by atoms with Crippen molar-refractivity contribution in [3.05, 3.63) is 72.4 Å². The van der Waals surface area contributed by atoms with Gasteiger partial charge < -0.3 is 14.6 Å². The van der Waals surface area contributed by atoms with E-state index in [1.165, 1.54) is 0 Å². The first-order chi connectivity index (χ1) is 15.2. The zero-order valence-electron chi connectivity index (χ0n) is 17.4. The van der Waals surface area contributed by atoms with Crippen LogP contribution in [0.5, 0.6) is 5.75 Å². The van der Waals surface area contributed by atoms with Gasteiger partial charge in [-0.3, -0.25) is 14.3 Å². The molecule has 0 unspecified atom stereocenters. The summed E-state index contributed by atoms with van der Waals surface area (Å²) in [5.74, 6) is 1.67. The number of carbonyl (C=O) groups excluding carboxylic acids is 1. The first-order valence-corrected chi connectivity index (χ1v) is 10.3. The number of aromatic nitrogens is 4. The van der Waals surface area contributed by atoms with E-state index >= 15 is 0 Å². The minimum atomic E-state index is 0.0491. The van der Waals surface area contributed by atoms with E-state index in [2.05, 4.69) is 20.1 Å². The molecule has 0 bridgehead atoms. The number of fused-ring (bicyclic) bond motifs is 1. The Morgan fingerprint density at radius 1 is 1.06 bits per heavy atom. The molecule has 0 saturated carbocycles. The largest absolute Gasteiger partial charge is 0.495 e. The third kappa shape index (κ3) is 3.77. The number of amides is 1. The van der Waals surface area contributed by atoms with Gasteiger partial charge in [0.15, 0.2) is 5.82 Å². The fraction of sp³-hybridized carbons (Fsp3) is 0.261. The van der Waals surface area contributed by atoms with Gasteiger partial charge in [-0.15, -0.1) is 10.2 Å². The molecule has 1 aliphatic heterocycles. The summed E-state index contributed by atoms with van der Waals surface area (Å²) in [4.78, 5) is 20.4. The van der Waals surface area contributed by atoms with E-state index in [0.29, 0.717) is 25.3 Å². The van der Waals surface area contributed by atoms with Gasteiger partial charge in [-0.2, -0.15) is 0 Å². The van der Waals surface area contributed by atoms with Crippen molar-refractivity contribution in [2.24, 2.45) is 0 Å². The number of rotatable bonds is 5. The van der Waals surface area contributed by atoms with Crippen molar-refractivity contribution >= 4 is 16.8 Å². The normalized spacial score (nSPS) is 14.8. The number of para-hydroxylation sites is 3. The van der Waals surface area contributed by atoms with Gasteiger partial charge in [0, 0.05) is 37.1 Å². The van der Waals surface area contributed by atoms with E-state index in [-0.39, 0.29) is 5.91 Å². The summed E-state index contributed by atoms with van der Waals surface area (Å²) >= 11 is 0. The Labute approximate surface area is 180 Å². The number of benzene rings is 2. The SMILES string of the molecule is COc1ccccc1-n1cnnc1CN1CCN(C(=O)c2cc3ccccc3[nH]2)CC1. The van der Waals surface area contributed by atoms with Crippen LogP contribution in [0, 0.1) is 0 Å².